The Morgan fingerprint density at radius 1 is 0.939 bits per heavy atom. The first kappa shape index (κ1) is 22.2. The molecule has 10 heteroatoms. The maximum Gasteiger partial charge on any atom is 0.284 e. The minimum Gasteiger partial charge on any atom is -0.497 e. The topological polar surface area (TPSA) is 113 Å². The summed E-state index contributed by atoms with van der Waals surface area (Å²) in [6, 6.07) is 20.5. The fraction of sp³-hybridized carbons (Fsp3) is 0.130. The van der Waals surface area contributed by atoms with Gasteiger partial charge in [0.25, 0.3) is 15.9 Å². The Balaban J connectivity index is 1.71. The lowest BCUT2D eigenvalue weighted by molar-refractivity contribution is -0.117. The fourth-order valence-corrected chi connectivity index (χ4v) is 4.06. The highest BCUT2D eigenvalue weighted by molar-refractivity contribution is 7.90. The second-order valence-electron chi connectivity index (χ2n) is 7.20. The van der Waals surface area contributed by atoms with Gasteiger partial charge in [-0.3, -0.25) is 10.2 Å². The Kier molecular flexibility index (Phi) is 6.18. The van der Waals surface area contributed by atoms with E-state index >= 15 is 0 Å². The van der Waals surface area contributed by atoms with Gasteiger partial charge in [0, 0.05) is 0 Å². The fourth-order valence-electron chi connectivity index (χ4n) is 3.08. The maximum atomic E-state index is 13.1. The number of nitrogens with one attached hydrogen (secondary N) is 1. The molecule has 1 atom stereocenters. The Morgan fingerprint density at radius 2 is 1.61 bits per heavy atom. The number of sulfonamides is 1. The van der Waals surface area contributed by atoms with E-state index in [2.05, 4.69) is 20.1 Å². The molecule has 0 bridgehead atoms. The molecule has 0 aliphatic carbocycles. The largest absolute Gasteiger partial charge is 0.497 e. The molecule has 1 amide bonds. The van der Waals surface area contributed by atoms with Gasteiger partial charge in [-0.25, -0.2) is 5.01 Å². The minimum atomic E-state index is -4.09. The van der Waals surface area contributed by atoms with Crippen LogP contribution in [-0.2, 0) is 14.8 Å². The molecule has 33 heavy (non-hydrogen) atoms. The lowest BCUT2D eigenvalue weighted by Crippen LogP contribution is -2.36. The number of azo groups is 1. The number of carbonyl (C=O) groups excluding carboxylic acids is 1. The molecule has 0 spiro atoms. The zero-order chi connectivity index (χ0) is 23.4. The van der Waals surface area contributed by atoms with Crippen LogP contribution in [0.4, 0.5) is 11.4 Å². The number of amides is 1. The van der Waals surface area contributed by atoms with Gasteiger partial charge in [0.15, 0.2) is 5.84 Å². The standard InChI is InChI=1S/C23H21N5O4S/c1-16-8-14-20(15-9-16)33(30,31)27-22-21(25-24-17-10-12-19(32-2)13-11-17)23(29)28(26-22)18-6-4-3-5-7-18/h3-15,21H,1-2H3,(H,26,27). The van der Waals surface area contributed by atoms with Crippen molar-refractivity contribution in [3.8, 4) is 5.75 Å². The summed E-state index contributed by atoms with van der Waals surface area (Å²) in [5.74, 6) is 0.00672. The predicted molar refractivity (Wildman–Crippen MR) is 124 cm³/mol. The van der Waals surface area contributed by atoms with Gasteiger partial charge in [0.1, 0.15) is 5.75 Å². The van der Waals surface area contributed by atoms with Gasteiger partial charge in [0.05, 0.1) is 23.4 Å². The van der Waals surface area contributed by atoms with Gasteiger partial charge in [0.2, 0.25) is 6.04 Å². The highest BCUT2D eigenvalue weighted by atomic mass is 32.2. The summed E-state index contributed by atoms with van der Waals surface area (Å²) < 4.78 is 34.8. The van der Waals surface area contributed by atoms with Crippen molar-refractivity contribution in [3.05, 3.63) is 84.4 Å². The number of hydrogen-bond donors (Lipinski definition) is 1. The summed E-state index contributed by atoms with van der Waals surface area (Å²) in [7, 11) is -2.54. The summed E-state index contributed by atoms with van der Waals surface area (Å²) in [4.78, 5) is 13.1. The van der Waals surface area contributed by atoms with Crippen molar-refractivity contribution in [1.82, 2.24) is 5.43 Å². The van der Waals surface area contributed by atoms with Gasteiger partial charge < -0.3 is 4.74 Å². The number of nitrogens with zero attached hydrogens (tertiary/aromatic N) is 4. The van der Waals surface area contributed by atoms with Crippen LogP contribution in [0.2, 0.25) is 0 Å². The van der Waals surface area contributed by atoms with Gasteiger partial charge in [-0.1, -0.05) is 35.9 Å². The lowest BCUT2D eigenvalue weighted by atomic mass is 10.2. The molecule has 1 aliphatic rings. The van der Waals surface area contributed by atoms with E-state index in [-0.39, 0.29) is 10.7 Å². The number of hydrogen-bond acceptors (Lipinski definition) is 6. The highest BCUT2D eigenvalue weighted by Gasteiger charge is 2.40. The van der Waals surface area contributed by atoms with Crippen LogP contribution in [0, 0.1) is 6.92 Å². The van der Waals surface area contributed by atoms with E-state index in [1.54, 1.807) is 67.8 Å². The molecule has 0 saturated carbocycles. The van der Waals surface area contributed by atoms with Gasteiger partial charge >= 0.3 is 0 Å². The molecule has 0 aromatic heterocycles. The number of carbonyl (C=O) groups is 1. The van der Waals surface area contributed by atoms with Crippen LogP contribution in [-0.4, -0.2) is 33.3 Å². The molecule has 1 heterocycles. The molecular formula is C23H21N5O4S. The van der Waals surface area contributed by atoms with E-state index in [9.17, 15) is 13.2 Å². The van der Waals surface area contributed by atoms with Crippen LogP contribution < -0.4 is 15.2 Å². The van der Waals surface area contributed by atoms with Crippen LogP contribution in [0.3, 0.4) is 0 Å². The molecule has 1 fully saturated rings. The normalized spacial score (nSPS) is 17.5. The summed E-state index contributed by atoms with van der Waals surface area (Å²) in [6.45, 7) is 1.85. The number of amidine groups is 1. The summed E-state index contributed by atoms with van der Waals surface area (Å²) in [6.07, 6.45) is 0. The van der Waals surface area contributed by atoms with E-state index in [1.807, 2.05) is 13.0 Å². The second-order valence-corrected chi connectivity index (χ2v) is 8.81. The average molecular weight is 464 g/mol. The molecule has 1 unspecified atom stereocenters. The third kappa shape index (κ3) is 4.90. The maximum absolute atomic E-state index is 13.1. The van der Waals surface area contributed by atoms with Crippen molar-refractivity contribution in [3.63, 3.8) is 0 Å². The lowest BCUT2D eigenvalue weighted by Gasteiger charge is -2.15. The summed E-state index contributed by atoms with van der Waals surface area (Å²) in [5.41, 5.74) is 4.69. The first-order valence-electron chi connectivity index (χ1n) is 9.99. The van der Waals surface area contributed by atoms with Crippen molar-refractivity contribution in [2.75, 3.05) is 12.1 Å². The third-order valence-corrected chi connectivity index (χ3v) is 6.16. The van der Waals surface area contributed by atoms with E-state index < -0.39 is 22.0 Å². The predicted octanol–water partition coefficient (Wildman–Crippen LogP) is 3.79. The van der Waals surface area contributed by atoms with Crippen molar-refractivity contribution < 1.29 is 17.9 Å². The van der Waals surface area contributed by atoms with Crippen molar-refractivity contribution in [1.29, 1.82) is 0 Å². The van der Waals surface area contributed by atoms with E-state index in [0.717, 1.165) is 5.56 Å². The first-order chi connectivity index (χ1) is 15.9. The zero-order valence-corrected chi connectivity index (χ0v) is 18.7. The number of aryl methyl sites for hydroxylation is 1. The first-order valence-corrected chi connectivity index (χ1v) is 11.4. The molecule has 168 valence electrons. The Hall–Kier alpha value is -4.05. The van der Waals surface area contributed by atoms with Gasteiger partial charge in [-0.05, 0) is 55.5 Å². The molecule has 9 nitrogen and oxygen atoms in total. The van der Waals surface area contributed by atoms with E-state index in [4.69, 9.17) is 4.74 Å². The quantitative estimate of drug-likeness (QED) is 0.559. The number of hydrazine groups is 1. The van der Waals surface area contributed by atoms with Crippen LogP contribution in [0.25, 0.3) is 0 Å². The minimum absolute atomic E-state index is 0.0128. The average Bonchev–Trinajstić information content (AvgIpc) is 3.13. The van der Waals surface area contributed by atoms with Crippen molar-refractivity contribution in [2.24, 2.45) is 14.6 Å². The monoisotopic (exact) mass is 463 g/mol. The van der Waals surface area contributed by atoms with E-state index in [1.165, 1.54) is 17.1 Å². The zero-order valence-electron chi connectivity index (χ0n) is 17.9. The number of methoxy groups -OCH3 is 1. The number of anilines is 1. The molecule has 0 radical (unpaired) electrons. The second kappa shape index (κ2) is 9.21. The van der Waals surface area contributed by atoms with Gasteiger partial charge in [-0.2, -0.15) is 18.6 Å². The molecular weight excluding hydrogens is 442 g/mol. The Bertz CT molecular complexity index is 1310. The molecule has 1 saturated heterocycles. The smallest absolute Gasteiger partial charge is 0.284 e. The van der Waals surface area contributed by atoms with Crippen molar-refractivity contribution in [2.45, 2.75) is 17.9 Å². The van der Waals surface area contributed by atoms with E-state index in [0.29, 0.717) is 17.1 Å². The number of benzene rings is 3. The number of ether oxygens (including phenoxy) is 1. The third-order valence-electron chi connectivity index (χ3n) is 4.85. The molecule has 3 aromatic rings. The Labute approximate surface area is 191 Å². The SMILES string of the molecule is COc1ccc(N=NC2C(=O)N(c3ccccc3)N/C2=N/S(=O)(=O)c2ccc(C)cc2)cc1. The van der Waals surface area contributed by atoms with Gasteiger partial charge in [-0.15, -0.1) is 4.40 Å². The van der Waals surface area contributed by atoms with Crippen LogP contribution >= 0.6 is 0 Å². The van der Waals surface area contributed by atoms with Crippen LogP contribution in [0.5, 0.6) is 5.75 Å². The number of para-hydroxylation sites is 1. The summed E-state index contributed by atoms with van der Waals surface area (Å²) in [5, 5.41) is 9.44. The Morgan fingerprint density at radius 3 is 2.24 bits per heavy atom. The summed E-state index contributed by atoms with van der Waals surface area (Å²) >= 11 is 0. The highest BCUT2D eigenvalue weighted by Crippen LogP contribution is 2.23. The number of rotatable bonds is 6. The van der Waals surface area contributed by atoms with Crippen LogP contribution in [0.15, 0.2) is 98.4 Å². The van der Waals surface area contributed by atoms with Crippen LogP contribution in [0.1, 0.15) is 5.56 Å². The molecule has 1 aliphatic heterocycles. The molecule has 3 aromatic carbocycles. The van der Waals surface area contributed by atoms with Crippen molar-refractivity contribution >= 4 is 33.1 Å². The molecule has 1 N–H and O–H groups in total. The molecule has 4 rings (SSSR count).